The zero-order valence-electron chi connectivity index (χ0n) is 16.8. The Morgan fingerprint density at radius 3 is 2.73 bits per heavy atom. The van der Waals surface area contributed by atoms with Gasteiger partial charge in [-0.25, -0.2) is 4.98 Å². The summed E-state index contributed by atoms with van der Waals surface area (Å²) in [7, 11) is 0. The quantitative estimate of drug-likeness (QED) is 0.365. The number of aromatic hydroxyl groups is 2. The molecular weight excluding hydrogens is 441 g/mol. The van der Waals surface area contributed by atoms with Gasteiger partial charge >= 0.3 is 6.36 Å². The number of hydrogen-bond acceptors (Lipinski definition) is 7. The average molecular weight is 458 g/mol. The van der Waals surface area contributed by atoms with Crippen molar-refractivity contribution in [3.05, 3.63) is 58.9 Å². The Bertz CT molecular complexity index is 1460. The molecule has 0 unspecified atom stereocenters. The van der Waals surface area contributed by atoms with Gasteiger partial charge in [-0.2, -0.15) is 9.61 Å². The number of aromatic nitrogens is 4. The van der Waals surface area contributed by atoms with Crippen LogP contribution in [0.1, 0.15) is 18.4 Å². The van der Waals surface area contributed by atoms with Gasteiger partial charge in [0.2, 0.25) is 0 Å². The number of hydrogen-bond donors (Lipinski definition) is 4. The van der Waals surface area contributed by atoms with Crippen molar-refractivity contribution in [3.63, 3.8) is 0 Å². The van der Waals surface area contributed by atoms with E-state index in [1.54, 1.807) is 28.9 Å². The SMILES string of the molecule is Oc1cc(C=c2cnn3c(=NC4CC4)cc(Nc4cccc(OC(F)(F)F)c4)nc23)c(O)[nH]1. The van der Waals surface area contributed by atoms with Crippen LogP contribution in [0.5, 0.6) is 17.5 Å². The summed E-state index contributed by atoms with van der Waals surface area (Å²) >= 11 is 0. The number of fused-ring (bicyclic) bond motifs is 1. The molecule has 1 aromatic carbocycles. The zero-order valence-corrected chi connectivity index (χ0v) is 16.8. The molecule has 0 atom stereocenters. The van der Waals surface area contributed by atoms with Crippen LogP contribution >= 0.6 is 0 Å². The van der Waals surface area contributed by atoms with Crippen molar-refractivity contribution in [1.82, 2.24) is 19.6 Å². The molecule has 0 amide bonds. The van der Waals surface area contributed by atoms with Gasteiger partial charge in [-0.3, -0.25) is 9.98 Å². The predicted octanol–water partition coefficient (Wildman–Crippen LogP) is 2.72. The molecule has 0 aliphatic heterocycles. The molecule has 0 spiro atoms. The Balaban J connectivity index is 1.58. The largest absolute Gasteiger partial charge is 0.573 e. The molecule has 0 radical (unpaired) electrons. The fourth-order valence-corrected chi connectivity index (χ4v) is 3.25. The molecule has 9 nitrogen and oxygen atoms in total. The number of rotatable bonds is 5. The standard InChI is InChI=1S/C21H17F3N6O3/c22-21(23,24)33-15-3-1-2-14(8-15)26-16-9-17(27-13-4-5-13)30-19(28-16)12(10-25-30)6-11-7-18(31)29-20(11)32/h1-3,6-10,13,26,29,31-32H,4-5H2. The van der Waals surface area contributed by atoms with Crippen LogP contribution in [-0.4, -0.2) is 42.2 Å². The van der Waals surface area contributed by atoms with Gasteiger partial charge in [0.25, 0.3) is 0 Å². The highest BCUT2D eigenvalue weighted by Gasteiger charge is 2.31. The number of nitrogens with one attached hydrogen (secondary N) is 2. The summed E-state index contributed by atoms with van der Waals surface area (Å²) in [5.41, 5.74) is 1.60. The third-order valence-corrected chi connectivity index (χ3v) is 4.81. The minimum absolute atomic E-state index is 0.175. The molecule has 1 saturated carbocycles. The van der Waals surface area contributed by atoms with Gasteiger partial charge in [0, 0.05) is 34.7 Å². The minimum Gasteiger partial charge on any atom is -0.494 e. The lowest BCUT2D eigenvalue weighted by Gasteiger charge is -2.11. The van der Waals surface area contributed by atoms with Crippen molar-refractivity contribution in [2.45, 2.75) is 25.2 Å². The van der Waals surface area contributed by atoms with E-state index in [4.69, 9.17) is 0 Å². The Labute approximate surface area is 183 Å². The van der Waals surface area contributed by atoms with E-state index in [0.29, 0.717) is 33.4 Å². The van der Waals surface area contributed by atoms with Crippen LogP contribution in [0.2, 0.25) is 0 Å². The molecule has 0 saturated heterocycles. The fourth-order valence-electron chi connectivity index (χ4n) is 3.25. The van der Waals surface area contributed by atoms with E-state index in [9.17, 15) is 23.4 Å². The van der Waals surface area contributed by atoms with Gasteiger partial charge in [-0.15, -0.1) is 13.2 Å². The molecule has 170 valence electrons. The summed E-state index contributed by atoms with van der Waals surface area (Å²) in [6.07, 6.45) is 0.246. The fraction of sp³-hybridized carbons (Fsp3) is 0.190. The smallest absolute Gasteiger partial charge is 0.494 e. The summed E-state index contributed by atoms with van der Waals surface area (Å²) < 4.78 is 43.2. The first-order valence-electron chi connectivity index (χ1n) is 9.92. The first-order chi connectivity index (χ1) is 15.7. The van der Waals surface area contributed by atoms with Crippen LogP contribution in [0.4, 0.5) is 24.7 Å². The Kier molecular flexibility index (Phi) is 4.84. The van der Waals surface area contributed by atoms with Gasteiger partial charge in [0.1, 0.15) is 11.6 Å². The number of benzene rings is 1. The maximum Gasteiger partial charge on any atom is 0.573 e. The summed E-state index contributed by atoms with van der Waals surface area (Å²) in [4.78, 5) is 11.6. The van der Waals surface area contributed by atoms with Gasteiger partial charge < -0.3 is 20.3 Å². The molecule has 5 rings (SSSR count). The van der Waals surface area contributed by atoms with E-state index in [2.05, 4.69) is 30.1 Å². The highest BCUT2D eigenvalue weighted by atomic mass is 19.4. The monoisotopic (exact) mass is 458 g/mol. The summed E-state index contributed by atoms with van der Waals surface area (Å²) in [6, 6.07) is 8.59. The summed E-state index contributed by atoms with van der Waals surface area (Å²) in [5, 5.41) is 27.3. The third-order valence-electron chi connectivity index (χ3n) is 4.81. The van der Waals surface area contributed by atoms with Gasteiger partial charge in [0.05, 0.1) is 12.2 Å². The molecule has 4 N–H and O–H groups in total. The number of ether oxygens (including phenoxy) is 1. The first-order valence-corrected chi connectivity index (χ1v) is 9.92. The summed E-state index contributed by atoms with van der Waals surface area (Å²) in [6.45, 7) is 0. The average Bonchev–Trinajstić information content (AvgIpc) is 3.36. The third kappa shape index (κ3) is 4.68. The Hall–Kier alpha value is -4.22. The number of halogens is 3. The number of nitrogens with zero attached hydrogens (tertiary/aromatic N) is 4. The van der Waals surface area contributed by atoms with Crippen molar-refractivity contribution >= 4 is 23.2 Å². The Morgan fingerprint density at radius 1 is 1.21 bits per heavy atom. The zero-order chi connectivity index (χ0) is 23.2. The second-order valence-electron chi connectivity index (χ2n) is 7.50. The molecule has 1 fully saturated rings. The molecule has 1 aliphatic carbocycles. The van der Waals surface area contributed by atoms with Crippen LogP contribution in [0, 0.1) is 0 Å². The molecule has 3 aromatic heterocycles. The van der Waals surface area contributed by atoms with Crippen molar-refractivity contribution in [2.75, 3.05) is 5.32 Å². The number of H-pyrrole nitrogens is 1. The van der Waals surface area contributed by atoms with E-state index in [1.165, 1.54) is 24.3 Å². The van der Waals surface area contributed by atoms with Gasteiger partial charge in [-0.05, 0) is 31.1 Å². The second-order valence-corrected chi connectivity index (χ2v) is 7.50. The highest BCUT2D eigenvalue weighted by molar-refractivity contribution is 5.64. The maximum absolute atomic E-state index is 12.6. The van der Waals surface area contributed by atoms with Gasteiger partial charge in [-0.1, -0.05) is 6.07 Å². The van der Waals surface area contributed by atoms with Crippen LogP contribution in [0.15, 0.2) is 47.6 Å². The number of anilines is 2. The van der Waals surface area contributed by atoms with Gasteiger partial charge in [0.15, 0.2) is 22.9 Å². The molecule has 1 aliphatic rings. The lowest BCUT2D eigenvalue weighted by atomic mass is 10.2. The van der Waals surface area contributed by atoms with E-state index in [-0.39, 0.29) is 23.6 Å². The van der Waals surface area contributed by atoms with Crippen molar-refractivity contribution < 1.29 is 28.1 Å². The normalized spacial score (nSPS) is 15.4. The molecule has 3 heterocycles. The lowest BCUT2D eigenvalue weighted by molar-refractivity contribution is -0.274. The van der Waals surface area contributed by atoms with Crippen LogP contribution in [-0.2, 0) is 0 Å². The first kappa shape index (κ1) is 20.7. The van der Waals surface area contributed by atoms with E-state index >= 15 is 0 Å². The minimum atomic E-state index is -4.80. The van der Waals surface area contributed by atoms with E-state index in [0.717, 1.165) is 12.8 Å². The molecule has 4 aromatic rings. The van der Waals surface area contributed by atoms with E-state index in [1.807, 2.05) is 0 Å². The maximum atomic E-state index is 12.6. The highest BCUT2D eigenvalue weighted by Crippen LogP contribution is 2.27. The molecule has 0 bridgehead atoms. The Morgan fingerprint density at radius 2 is 2.03 bits per heavy atom. The number of alkyl halides is 3. The van der Waals surface area contributed by atoms with Crippen LogP contribution < -0.4 is 20.8 Å². The van der Waals surface area contributed by atoms with Crippen molar-refractivity contribution in [1.29, 1.82) is 0 Å². The number of aromatic amines is 1. The summed E-state index contributed by atoms with van der Waals surface area (Å²) in [5.74, 6) is -0.443. The topological polar surface area (TPSA) is 120 Å². The lowest BCUT2D eigenvalue weighted by Crippen LogP contribution is -2.20. The van der Waals surface area contributed by atoms with Crippen LogP contribution in [0.3, 0.4) is 0 Å². The van der Waals surface area contributed by atoms with E-state index < -0.39 is 6.36 Å². The second kappa shape index (κ2) is 7.73. The predicted molar refractivity (Wildman–Crippen MR) is 111 cm³/mol. The van der Waals surface area contributed by atoms with Crippen LogP contribution in [0.25, 0.3) is 11.7 Å². The van der Waals surface area contributed by atoms with Crippen molar-refractivity contribution in [3.8, 4) is 17.5 Å². The molecule has 33 heavy (non-hydrogen) atoms. The molecule has 12 heteroatoms. The molecular formula is C21H17F3N6O3. The van der Waals surface area contributed by atoms with Crippen molar-refractivity contribution in [2.24, 2.45) is 4.99 Å².